The van der Waals surface area contributed by atoms with Crippen molar-refractivity contribution in [3.8, 4) is 5.75 Å². The highest BCUT2D eigenvalue weighted by atomic mass is 19.1. The van der Waals surface area contributed by atoms with Gasteiger partial charge in [-0.1, -0.05) is 12.1 Å². The Balaban J connectivity index is 1.49. The highest BCUT2D eigenvalue weighted by Gasteiger charge is 2.34. The van der Waals surface area contributed by atoms with E-state index in [4.69, 9.17) is 4.74 Å². The fraction of sp³-hybridized carbons (Fsp3) is 0.364. The zero-order valence-electron chi connectivity index (χ0n) is 16.4. The van der Waals surface area contributed by atoms with E-state index in [1.807, 2.05) is 17.0 Å². The molecule has 6 nitrogen and oxygen atoms in total. The van der Waals surface area contributed by atoms with E-state index in [9.17, 15) is 18.4 Å². The van der Waals surface area contributed by atoms with Crippen LogP contribution in [0.5, 0.6) is 5.75 Å². The second-order valence-corrected chi connectivity index (χ2v) is 7.51. The lowest BCUT2D eigenvalue weighted by Crippen LogP contribution is -2.52. The van der Waals surface area contributed by atoms with Crippen LogP contribution < -0.4 is 15.0 Å². The molecule has 2 amide bonds. The monoisotopic (exact) mass is 415 g/mol. The normalized spacial score (nSPS) is 18.4. The number of amides is 2. The van der Waals surface area contributed by atoms with Crippen molar-refractivity contribution in [3.63, 3.8) is 0 Å². The summed E-state index contributed by atoms with van der Waals surface area (Å²) in [5, 5.41) is 2.46. The van der Waals surface area contributed by atoms with Crippen molar-refractivity contribution in [2.75, 3.05) is 36.4 Å². The van der Waals surface area contributed by atoms with E-state index < -0.39 is 23.6 Å². The number of nitrogens with one attached hydrogen (secondary N) is 1. The molecule has 1 unspecified atom stereocenters. The van der Waals surface area contributed by atoms with Gasteiger partial charge in [-0.3, -0.25) is 9.59 Å². The van der Waals surface area contributed by atoms with Crippen LogP contribution in [0.2, 0.25) is 0 Å². The molecule has 1 N–H and O–H groups in total. The number of nitrogens with zero attached hydrogens (tertiary/aromatic N) is 2. The Morgan fingerprint density at radius 3 is 2.60 bits per heavy atom. The van der Waals surface area contributed by atoms with Crippen molar-refractivity contribution in [3.05, 3.63) is 54.1 Å². The maximum absolute atomic E-state index is 13.9. The summed E-state index contributed by atoms with van der Waals surface area (Å²) in [6, 6.07) is 10.2. The molecule has 0 saturated carbocycles. The molecule has 2 aromatic rings. The summed E-state index contributed by atoms with van der Waals surface area (Å²) >= 11 is 0. The number of anilines is 2. The molecule has 158 valence electrons. The van der Waals surface area contributed by atoms with Crippen molar-refractivity contribution >= 4 is 23.2 Å². The number of benzene rings is 2. The van der Waals surface area contributed by atoms with Gasteiger partial charge in [0.2, 0.25) is 5.91 Å². The number of halogens is 2. The summed E-state index contributed by atoms with van der Waals surface area (Å²) in [7, 11) is 0. The third-order valence-electron chi connectivity index (χ3n) is 5.34. The van der Waals surface area contributed by atoms with Crippen LogP contribution in [-0.4, -0.2) is 49.0 Å². The van der Waals surface area contributed by atoms with Gasteiger partial charge < -0.3 is 19.9 Å². The lowest BCUT2D eigenvalue weighted by atomic mass is 10.1. The van der Waals surface area contributed by atoms with Crippen LogP contribution in [0.3, 0.4) is 0 Å². The Morgan fingerprint density at radius 1 is 1.07 bits per heavy atom. The smallest absolute Gasteiger partial charge is 0.265 e. The molecule has 1 atom stereocenters. The van der Waals surface area contributed by atoms with Gasteiger partial charge in [0.1, 0.15) is 17.4 Å². The van der Waals surface area contributed by atoms with Crippen molar-refractivity contribution in [1.29, 1.82) is 0 Å². The number of likely N-dealkylation sites (tertiary alicyclic amines) is 1. The summed E-state index contributed by atoms with van der Waals surface area (Å²) in [5.74, 6) is -1.59. The fourth-order valence-electron chi connectivity index (χ4n) is 3.86. The molecular formula is C22H23F2N3O3. The number of carbonyl (C=O) groups excluding carboxylic acids is 2. The van der Waals surface area contributed by atoms with E-state index in [-0.39, 0.29) is 24.7 Å². The summed E-state index contributed by atoms with van der Waals surface area (Å²) in [6.07, 6.45) is 2.35. The fourth-order valence-corrected chi connectivity index (χ4v) is 3.86. The molecule has 4 rings (SSSR count). The lowest BCUT2D eigenvalue weighted by molar-refractivity contribution is -0.139. The quantitative estimate of drug-likeness (QED) is 0.833. The Morgan fingerprint density at radius 2 is 1.83 bits per heavy atom. The molecule has 2 aliphatic rings. The number of piperidine rings is 1. The molecule has 2 aliphatic heterocycles. The molecular weight excluding hydrogens is 392 g/mol. The van der Waals surface area contributed by atoms with E-state index in [0.29, 0.717) is 30.6 Å². The molecule has 2 aromatic carbocycles. The molecule has 0 aliphatic carbocycles. The largest absolute Gasteiger partial charge is 0.477 e. The third kappa shape index (κ3) is 4.37. The summed E-state index contributed by atoms with van der Waals surface area (Å²) in [5.41, 5.74) is 0.596. The van der Waals surface area contributed by atoms with Gasteiger partial charge in [-0.25, -0.2) is 8.78 Å². The average Bonchev–Trinajstić information content (AvgIpc) is 2.75. The first-order valence-electron chi connectivity index (χ1n) is 10.1. The Kier molecular flexibility index (Phi) is 5.83. The highest BCUT2D eigenvalue weighted by molar-refractivity contribution is 5.95. The predicted octanol–water partition coefficient (Wildman–Crippen LogP) is 3.18. The standard InChI is InChI=1S/C22H23F2N3O3/c23-15-8-9-17(16(24)12-15)25-21(28)14-27-13-20(22(29)26-10-4-1-5-11-26)30-19-7-3-2-6-18(19)27/h2-3,6-9,12,20H,1,4-5,10-11,13-14H2,(H,25,28). The van der Waals surface area contributed by atoms with E-state index in [2.05, 4.69) is 5.32 Å². The molecule has 0 spiro atoms. The van der Waals surface area contributed by atoms with Crippen LogP contribution in [0.25, 0.3) is 0 Å². The summed E-state index contributed by atoms with van der Waals surface area (Å²) in [6.45, 7) is 1.54. The topological polar surface area (TPSA) is 61.9 Å². The molecule has 0 aromatic heterocycles. The zero-order chi connectivity index (χ0) is 21.1. The van der Waals surface area contributed by atoms with Crippen LogP contribution in [0.15, 0.2) is 42.5 Å². The van der Waals surface area contributed by atoms with Gasteiger partial charge in [0.25, 0.3) is 5.91 Å². The highest BCUT2D eigenvalue weighted by Crippen LogP contribution is 2.33. The van der Waals surface area contributed by atoms with Gasteiger partial charge in [0.05, 0.1) is 24.5 Å². The van der Waals surface area contributed by atoms with Gasteiger partial charge in [-0.05, 0) is 43.5 Å². The lowest BCUT2D eigenvalue weighted by Gasteiger charge is -2.38. The van der Waals surface area contributed by atoms with Gasteiger partial charge in [0, 0.05) is 19.2 Å². The Bertz CT molecular complexity index is 947. The van der Waals surface area contributed by atoms with Crippen LogP contribution in [0.4, 0.5) is 20.2 Å². The maximum atomic E-state index is 13.9. The maximum Gasteiger partial charge on any atom is 0.265 e. The predicted molar refractivity (Wildman–Crippen MR) is 108 cm³/mol. The van der Waals surface area contributed by atoms with Crippen molar-refractivity contribution in [1.82, 2.24) is 4.90 Å². The van der Waals surface area contributed by atoms with E-state index in [1.165, 1.54) is 6.07 Å². The van der Waals surface area contributed by atoms with Gasteiger partial charge >= 0.3 is 0 Å². The minimum atomic E-state index is -0.844. The van der Waals surface area contributed by atoms with E-state index in [0.717, 1.165) is 25.3 Å². The van der Waals surface area contributed by atoms with Crippen molar-refractivity contribution in [2.24, 2.45) is 0 Å². The number of fused-ring (bicyclic) bond motifs is 1. The number of carbonyl (C=O) groups is 2. The van der Waals surface area contributed by atoms with E-state index in [1.54, 1.807) is 17.0 Å². The second-order valence-electron chi connectivity index (χ2n) is 7.51. The van der Waals surface area contributed by atoms with Crippen molar-refractivity contribution in [2.45, 2.75) is 25.4 Å². The van der Waals surface area contributed by atoms with Crippen LogP contribution >= 0.6 is 0 Å². The van der Waals surface area contributed by atoms with Gasteiger partial charge in [-0.2, -0.15) is 0 Å². The first-order chi connectivity index (χ1) is 14.5. The minimum absolute atomic E-state index is 0.0841. The number of rotatable bonds is 4. The molecule has 8 heteroatoms. The SMILES string of the molecule is O=C(CN1CC(C(=O)N2CCCCC2)Oc2ccccc21)Nc1ccc(F)cc1F. The van der Waals surface area contributed by atoms with Gasteiger partial charge in [-0.15, -0.1) is 0 Å². The number of hydrogen-bond acceptors (Lipinski definition) is 4. The molecule has 1 fully saturated rings. The average molecular weight is 415 g/mol. The molecule has 0 radical (unpaired) electrons. The van der Waals surface area contributed by atoms with Gasteiger partial charge in [0.15, 0.2) is 6.10 Å². The summed E-state index contributed by atoms with van der Waals surface area (Å²) < 4.78 is 32.9. The number of ether oxygens (including phenoxy) is 1. The molecule has 0 bridgehead atoms. The number of para-hydroxylation sites is 2. The zero-order valence-corrected chi connectivity index (χ0v) is 16.4. The number of hydrogen-bond donors (Lipinski definition) is 1. The molecule has 30 heavy (non-hydrogen) atoms. The van der Waals surface area contributed by atoms with Crippen molar-refractivity contribution < 1.29 is 23.1 Å². The Hall–Kier alpha value is -3.16. The Labute approximate surface area is 173 Å². The van der Waals surface area contributed by atoms with Crippen LogP contribution in [0, 0.1) is 11.6 Å². The van der Waals surface area contributed by atoms with Crippen LogP contribution in [0.1, 0.15) is 19.3 Å². The second kappa shape index (κ2) is 8.69. The first kappa shape index (κ1) is 20.1. The first-order valence-corrected chi connectivity index (χ1v) is 10.1. The summed E-state index contributed by atoms with van der Waals surface area (Å²) in [4.78, 5) is 29.1. The minimum Gasteiger partial charge on any atom is -0.477 e. The van der Waals surface area contributed by atoms with Crippen LogP contribution in [-0.2, 0) is 9.59 Å². The molecule has 1 saturated heterocycles. The van der Waals surface area contributed by atoms with E-state index >= 15 is 0 Å². The molecule has 2 heterocycles. The third-order valence-corrected chi connectivity index (χ3v) is 5.34.